The lowest BCUT2D eigenvalue weighted by Crippen LogP contribution is -2.19. The van der Waals surface area contributed by atoms with E-state index in [2.05, 4.69) is 20.5 Å². The molecule has 1 N–H and O–H groups in total. The smallest absolute Gasteiger partial charge is 0.250 e. The van der Waals surface area contributed by atoms with Gasteiger partial charge >= 0.3 is 0 Å². The van der Waals surface area contributed by atoms with Gasteiger partial charge in [-0.15, -0.1) is 0 Å². The number of halogens is 2. The molecule has 0 bridgehead atoms. The number of rotatable bonds is 10. The summed E-state index contributed by atoms with van der Waals surface area (Å²) in [6.45, 7) is 6.20. The van der Waals surface area contributed by atoms with E-state index >= 15 is 0 Å². The fourth-order valence-corrected chi connectivity index (χ4v) is 3.92. The Hall–Kier alpha value is -3.17. The Labute approximate surface area is 206 Å². The van der Waals surface area contributed by atoms with Crippen molar-refractivity contribution in [1.82, 2.24) is 15.4 Å². The third-order valence-electron chi connectivity index (χ3n) is 4.33. The number of hydrogen-bond acceptors (Lipinski definition) is 7. The van der Waals surface area contributed by atoms with Crippen LogP contribution in [0.5, 0.6) is 11.5 Å². The van der Waals surface area contributed by atoms with Crippen LogP contribution in [0.25, 0.3) is 0 Å². The molecule has 10 heteroatoms. The van der Waals surface area contributed by atoms with Crippen LogP contribution in [0.2, 0.25) is 5.02 Å². The molecule has 1 amide bonds. The average Bonchev–Trinajstić information content (AvgIpc) is 2.78. The van der Waals surface area contributed by atoms with Gasteiger partial charge in [0.2, 0.25) is 0 Å². The quantitative estimate of drug-likeness (QED) is 0.179. The maximum atomic E-state index is 13.1. The van der Waals surface area contributed by atoms with Crippen LogP contribution in [0.15, 0.2) is 52.7 Å². The zero-order valence-corrected chi connectivity index (χ0v) is 20.5. The van der Waals surface area contributed by atoms with E-state index in [0.717, 1.165) is 17.0 Å². The molecule has 0 fully saturated rings. The Morgan fingerprint density at radius 3 is 2.53 bits per heavy atom. The maximum absolute atomic E-state index is 13.1. The van der Waals surface area contributed by atoms with Crippen molar-refractivity contribution in [3.63, 3.8) is 0 Å². The highest BCUT2D eigenvalue weighted by molar-refractivity contribution is 7.99. The second-order valence-corrected chi connectivity index (χ2v) is 8.54. The molecule has 7 nitrogen and oxygen atoms in total. The Morgan fingerprint density at radius 1 is 1.15 bits per heavy atom. The van der Waals surface area contributed by atoms with Gasteiger partial charge in [0.25, 0.3) is 5.91 Å². The Morgan fingerprint density at radius 2 is 1.85 bits per heavy atom. The van der Waals surface area contributed by atoms with E-state index in [1.165, 1.54) is 30.1 Å². The molecule has 0 aliphatic heterocycles. The van der Waals surface area contributed by atoms with Gasteiger partial charge in [-0.1, -0.05) is 35.5 Å². The monoisotopic (exact) mass is 502 g/mol. The first-order valence-electron chi connectivity index (χ1n) is 10.4. The minimum absolute atomic E-state index is 0.126. The van der Waals surface area contributed by atoms with Crippen molar-refractivity contribution in [2.24, 2.45) is 5.10 Å². The summed E-state index contributed by atoms with van der Waals surface area (Å²) in [6.07, 6.45) is 1.47. The molecule has 178 valence electrons. The van der Waals surface area contributed by atoms with Crippen LogP contribution in [0.1, 0.15) is 29.4 Å². The summed E-state index contributed by atoms with van der Waals surface area (Å²) < 4.78 is 24.6. The number of nitrogens with zero attached hydrogens (tertiary/aromatic N) is 3. The molecule has 0 radical (unpaired) electrons. The number of amides is 1. The van der Waals surface area contributed by atoms with Crippen molar-refractivity contribution < 1.29 is 18.7 Å². The van der Waals surface area contributed by atoms with Gasteiger partial charge in [-0.25, -0.2) is 19.8 Å². The number of benzene rings is 2. The third-order valence-corrected chi connectivity index (χ3v) is 5.45. The summed E-state index contributed by atoms with van der Waals surface area (Å²) in [7, 11) is 0. The van der Waals surface area contributed by atoms with Crippen LogP contribution < -0.4 is 14.9 Å². The Bertz CT molecular complexity index is 1160. The van der Waals surface area contributed by atoms with E-state index in [9.17, 15) is 9.18 Å². The molecule has 1 heterocycles. The summed E-state index contributed by atoms with van der Waals surface area (Å²) in [4.78, 5) is 20.7. The van der Waals surface area contributed by atoms with E-state index in [0.29, 0.717) is 33.8 Å². The Balaban J connectivity index is 1.61. The summed E-state index contributed by atoms with van der Waals surface area (Å²) in [6, 6.07) is 11.2. The van der Waals surface area contributed by atoms with E-state index in [1.807, 2.05) is 26.8 Å². The lowest BCUT2D eigenvalue weighted by molar-refractivity contribution is -0.118. The number of hydrazone groups is 1. The van der Waals surface area contributed by atoms with E-state index in [4.69, 9.17) is 21.1 Å². The molecule has 0 aliphatic carbocycles. The second kappa shape index (κ2) is 12.3. The number of nitrogens with one attached hydrogen (secondary N) is 1. The highest BCUT2D eigenvalue weighted by atomic mass is 35.5. The highest BCUT2D eigenvalue weighted by Crippen LogP contribution is 2.37. The van der Waals surface area contributed by atoms with E-state index in [-0.39, 0.29) is 24.1 Å². The van der Waals surface area contributed by atoms with Crippen molar-refractivity contribution in [3.05, 3.63) is 75.8 Å². The number of carbonyl (C=O) groups is 1. The van der Waals surface area contributed by atoms with Crippen molar-refractivity contribution in [2.45, 2.75) is 32.5 Å². The van der Waals surface area contributed by atoms with Crippen LogP contribution in [0, 0.1) is 19.7 Å². The first-order valence-corrected chi connectivity index (χ1v) is 11.8. The van der Waals surface area contributed by atoms with Crippen molar-refractivity contribution in [3.8, 4) is 11.5 Å². The highest BCUT2D eigenvalue weighted by Gasteiger charge is 2.13. The molecule has 0 aliphatic rings. The molecule has 3 aromatic rings. The molecule has 0 atom stereocenters. The lowest BCUT2D eigenvalue weighted by atomic mass is 10.2. The predicted molar refractivity (Wildman–Crippen MR) is 131 cm³/mol. The summed E-state index contributed by atoms with van der Waals surface area (Å²) in [5.41, 5.74) is 5.58. The molecule has 0 spiro atoms. The topological polar surface area (TPSA) is 85.7 Å². The maximum Gasteiger partial charge on any atom is 0.250 e. The minimum atomic E-state index is -0.315. The van der Waals surface area contributed by atoms with Crippen LogP contribution in [0.4, 0.5) is 4.39 Å². The zero-order chi connectivity index (χ0) is 24.5. The van der Waals surface area contributed by atoms with Gasteiger partial charge in [0.1, 0.15) is 12.4 Å². The van der Waals surface area contributed by atoms with Gasteiger partial charge < -0.3 is 9.47 Å². The number of thioether (sulfide) groups is 1. The molecule has 3 rings (SSSR count). The molecule has 2 aromatic carbocycles. The van der Waals surface area contributed by atoms with Gasteiger partial charge in [-0.05, 0) is 62.2 Å². The van der Waals surface area contributed by atoms with Crippen molar-refractivity contribution in [1.29, 1.82) is 0 Å². The number of hydrogen-bond donors (Lipinski definition) is 1. The fourth-order valence-electron chi connectivity index (χ4n) is 2.90. The van der Waals surface area contributed by atoms with E-state index < -0.39 is 0 Å². The van der Waals surface area contributed by atoms with Gasteiger partial charge in [-0.2, -0.15) is 5.10 Å². The molecular weight excluding hydrogens is 479 g/mol. The first-order chi connectivity index (χ1) is 16.3. The number of aromatic nitrogens is 2. The molecule has 0 saturated carbocycles. The van der Waals surface area contributed by atoms with Crippen LogP contribution in [-0.4, -0.2) is 34.4 Å². The summed E-state index contributed by atoms with van der Waals surface area (Å²) in [5.74, 6) is 0.330. The minimum Gasteiger partial charge on any atom is -0.490 e. The molecule has 0 unspecified atom stereocenters. The van der Waals surface area contributed by atoms with Crippen LogP contribution in [0.3, 0.4) is 0 Å². The SMILES string of the molecule is CCOc1cc(/C=N\NC(=O)CSc2nc(C)cc(C)n2)cc(Cl)c1OCc1ccc(F)cc1. The van der Waals surface area contributed by atoms with Gasteiger partial charge in [0.05, 0.1) is 23.6 Å². The van der Waals surface area contributed by atoms with Gasteiger partial charge in [-0.3, -0.25) is 4.79 Å². The Kier molecular flexibility index (Phi) is 9.24. The average molecular weight is 503 g/mol. The van der Waals surface area contributed by atoms with Gasteiger partial charge in [0, 0.05) is 11.4 Å². The molecule has 1 aromatic heterocycles. The number of carbonyl (C=O) groups excluding carboxylic acids is 1. The fraction of sp³-hybridized carbons (Fsp3) is 0.250. The standard InChI is InChI=1S/C24H24ClFN4O3S/c1-4-32-21-11-18(10-20(25)23(21)33-13-17-5-7-19(26)8-6-17)12-27-30-22(31)14-34-24-28-15(2)9-16(3)29-24/h5-12H,4,13-14H2,1-3H3,(H,30,31)/b27-12-. The molecule has 0 saturated heterocycles. The largest absolute Gasteiger partial charge is 0.490 e. The summed E-state index contributed by atoms with van der Waals surface area (Å²) >= 11 is 7.65. The number of aryl methyl sites for hydroxylation is 2. The van der Waals surface area contributed by atoms with Crippen molar-refractivity contribution >= 4 is 35.5 Å². The van der Waals surface area contributed by atoms with E-state index in [1.54, 1.807) is 24.3 Å². The summed E-state index contributed by atoms with van der Waals surface area (Å²) in [5, 5.41) is 4.86. The zero-order valence-electron chi connectivity index (χ0n) is 19.0. The predicted octanol–water partition coefficient (Wildman–Crippen LogP) is 5.11. The van der Waals surface area contributed by atoms with Gasteiger partial charge in [0.15, 0.2) is 16.7 Å². The first kappa shape index (κ1) is 25.5. The lowest BCUT2D eigenvalue weighted by Gasteiger charge is -2.14. The van der Waals surface area contributed by atoms with Crippen LogP contribution in [-0.2, 0) is 11.4 Å². The number of ether oxygens (including phenoxy) is 2. The van der Waals surface area contributed by atoms with Crippen LogP contribution >= 0.6 is 23.4 Å². The van der Waals surface area contributed by atoms with Crippen molar-refractivity contribution in [2.75, 3.05) is 12.4 Å². The third kappa shape index (κ3) is 7.71. The second-order valence-electron chi connectivity index (χ2n) is 7.19. The molecule has 34 heavy (non-hydrogen) atoms. The molecular formula is C24H24ClFN4O3S. The normalized spacial score (nSPS) is 11.0.